The monoisotopic (exact) mass is 278 g/mol. The van der Waals surface area contributed by atoms with E-state index in [-0.39, 0.29) is 16.5 Å². The van der Waals surface area contributed by atoms with Crippen LogP contribution in [0.3, 0.4) is 0 Å². The first-order valence-electron chi connectivity index (χ1n) is 6.51. The minimum absolute atomic E-state index is 0.0716. The SMILES string of the molecule is CC(C)(C)c1cc(C(=O)O)c(C(C)(C)C)c(C(=O)O)c1. The van der Waals surface area contributed by atoms with Crippen molar-refractivity contribution in [3.8, 4) is 0 Å². The molecule has 0 spiro atoms. The topological polar surface area (TPSA) is 74.6 Å². The average Bonchev–Trinajstić information content (AvgIpc) is 2.24. The van der Waals surface area contributed by atoms with Gasteiger partial charge in [-0.15, -0.1) is 0 Å². The van der Waals surface area contributed by atoms with Crippen molar-refractivity contribution in [3.05, 3.63) is 34.4 Å². The summed E-state index contributed by atoms with van der Waals surface area (Å²) in [6.07, 6.45) is 0. The van der Waals surface area contributed by atoms with Crippen LogP contribution in [0, 0.1) is 0 Å². The third-order valence-corrected chi connectivity index (χ3v) is 3.22. The van der Waals surface area contributed by atoms with Gasteiger partial charge in [0, 0.05) is 0 Å². The third kappa shape index (κ3) is 3.18. The van der Waals surface area contributed by atoms with Gasteiger partial charge < -0.3 is 10.2 Å². The summed E-state index contributed by atoms with van der Waals surface area (Å²) in [4.78, 5) is 23.1. The number of benzene rings is 1. The van der Waals surface area contributed by atoms with E-state index in [1.54, 1.807) is 12.1 Å². The number of rotatable bonds is 2. The maximum Gasteiger partial charge on any atom is 0.336 e. The molecule has 1 rings (SSSR count). The van der Waals surface area contributed by atoms with Gasteiger partial charge in [-0.1, -0.05) is 41.5 Å². The second-order valence-electron chi connectivity index (χ2n) is 7.06. The predicted octanol–water partition coefficient (Wildman–Crippen LogP) is 3.68. The summed E-state index contributed by atoms with van der Waals surface area (Å²) in [6, 6.07) is 3.19. The van der Waals surface area contributed by atoms with E-state index < -0.39 is 17.4 Å². The highest BCUT2D eigenvalue weighted by Crippen LogP contribution is 2.34. The van der Waals surface area contributed by atoms with Crippen LogP contribution < -0.4 is 0 Å². The second kappa shape index (κ2) is 4.93. The molecule has 0 radical (unpaired) electrons. The molecule has 2 N–H and O–H groups in total. The lowest BCUT2D eigenvalue weighted by Crippen LogP contribution is -2.24. The minimum atomic E-state index is -1.09. The highest BCUT2D eigenvalue weighted by molar-refractivity contribution is 5.97. The molecule has 20 heavy (non-hydrogen) atoms. The summed E-state index contributed by atoms with van der Waals surface area (Å²) in [5.41, 5.74) is 0.346. The zero-order chi connectivity index (χ0) is 15.9. The minimum Gasteiger partial charge on any atom is -0.478 e. The van der Waals surface area contributed by atoms with Crippen LogP contribution in [0.25, 0.3) is 0 Å². The molecule has 0 atom stereocenters. The number of aromatic carboxylic acids is 2. The fourth-order valence-corrected chi connectivity index (χ4v) is 2.22. The van der Waals surface area contributed by atoms with Crippen molar-refractivity contribution in [1.82, 2.24) is 0 Å². The van der Waals surface area contributed by atoms with Gasteiger partial charge in [-0.2, -0.15) is 0 Å². The Kier molecular flexibility index (Phi) is 3.99. The van der Waals surface area contributed by atoms with Gasteiger partial charge in [0.15, 0.2) is 0 Å². The Labute approximate surface area is 119 Å². The first-order chi connectivity index (χ1) is 8.85. The highest BCUT2D eigenvalue weighted by Gasteiger charge is 2.30. The third-order valence-electron chi connectivity index (χ3n) is 3.22. The van der Waals surface area contributed by atoms with Crippen molar-refractivity contribution < 1.29 is 19.8 Å². The van der Waals surface area contributed by atoms with Crippen LogP contribution in [0.5, 0.6) is 0 Å². The van der Waals surface area contributed by atoms with Crippen LogP contribution >= 0.6 is 0 Å². The van der Waals surface area contributed by atoms with E-state index in [1.165, 1.54) is 0 Å². The number of carboxylic acid groups (broad SMARTS) is 2. The second-order valence-corrected chi connectivity index (χ2v) is 7.06. The van der Waals surface area contributed by atoms with Gasteiger partial charge in [0.1, 0.15) is 0 Å². The summed E-state index contributed by atoms with van der Waals surface area (Å²) in [6.45, 7) is 11.2. The fourth-order valence-electron chi connectivity index (χ4n) is 2.22. The first kappa shape index (κ1) is 16.2. The quantitative estimate of drug-likeness (QED) is 0.865. The molecular weight excluding hydrogens is 256 g/mol. The first-order valence-corrected chi connectivity index (χ1v) is 6.51. The molecule has 1 aromatic carbocycles. The Balaban J connectivity index is 3.83. The van der Waals surface area contributed by atoms with Crippen LogP contribution in [0.15, 0.2) is 12.1 Å². The van der Waals surface area contributed by atoms with Gasteiger partial charge in [0.05, 0.1) is 11.1 Å². The molecule has 0 aliphatic rings. The molecule has 1 aromatic rings. The van der Waals surface area contributed by atoms with E-state index in [2.05, 4.69) is 0 Å². The summed E-state index contributed by atoms with van der Waals surface area (Å²) in [5.74, 6) is -2.19. The van der Waals surface area contributed by atoms with Crippen LogP contribution in [0.4, 0.5) is 0 Å². The summed E-state index contributed by atoms with van der Waals surface area (Å²) >= 11 is 0. The molecule has 0 saturated carbocycles. The molecule has 0 heterocycles. The van der Waals surface area contributed by atoms with Crippen LogP contribution in [-0.2, 0) is 10.8 Å². The molecule has 0 fully saturated rings. The molecule has 0 aromatic heterocycles. The van der Waals surface area contributed by atoms with Gasteiger partial charge in [0.25, 0.3) is 0 Å². The molecule has 110 valence electrons. The Bertz CT molecular complexity index is 522. The van der Waals surface area contributed by atoms with Crippen molar-refractivity contribution >= 4 is 11.9 Å². The van der Waals surface area contributed by atoms with Crippen molar-refractivity contribution in [1.29, 1.82) is 0 Å². The van der Waals surface area contributed by atoms with Gasteiger partial charge in [-0.05, 0) is 34.1 Å². The molecule has 0 unspecified atom stereocenters. The summed E-state index contributed by atoms with van der Waals surface area (Å²) in [5, 5.41) is 18.9. The van der Waals surface area contributed by atoms with E-state index >= 15 is 0 Å². The molecule has 0 aliphatic carbocycles. The zero-order valence-corrected chi connectivity index (χ0v) is 12.9. The van der Waals surface area contributed by atoms with Crippen molar-refractivity contribution in [3.63, 3.8) is 0 Å². The number of carbonyl (C=O) groups is 2. The zero-order valence-electron chi connectivity index (χ0n) is 12.9. The van der Waals surface area contributed by atoms with E-state index in [0.717, 1.165) is 0 Å². The van der Waals surface area contributed by atoms with Gasteiger partial charge in [0.2, 0.25) is 0 Å². The normalized spacial score (nSPS) is 12.3. The molecule has 4 nitrogen and oxygen atoms in total. The Morgan fingerprint density at radius 1 is 0.800 bits per heavy atom. The number of carboxylic acids is 2. The fraction of sp³-hybridized carbons (Fsp3) is 0.500. The number of hydrogen-bond acceptors (Lipinski definition) is 2. The van der Waals surface area contributed by atoms with Crippen molar-refractivity contribution in [2.75, 3.05) is 0 Å². The highest BCUT2D eigenvalue weighted by atomic mass is 16.4. The van der Waals surface area contributed by atoms with E-state index in [9.17, 15) is 19.8 Å². The van der Waals surface area contributed by atoms with Crippen molar-refractivity contribution in [2.45, 2.75) is 52.4 Å². The van der Waals surface area contributed by atoms with Gasteiger partial charge in [-0.25, -0.2) is 9.59 Å². The van der Waals surface area contributed by atoms with Gasteiger partial charge in [-0.3, -0.25) is 0 Å². The lowest BCUT2D eigenvalue weighted by Gasteiger charge is -2.27. The summed E-state index contributed by atoms with van der Waals surface area (Å²) in [7, 11) is 0. The van der Waals surface area contributed by atoms with Crippen molar-refractivity contribution in [2.24, 2.45) is 0 Å². The smallest absolute Gasteiger partial charge is 0.336 e. The van der Waals surface area contributed by atoms with E-state index in [1.807, 2.05) is 41.5 Å². The van der Waals surface area contributed by atoms with Crippen LogP contribution in [-0.4, -0.2) is 22.2 Å². The average molecular weight is 278 g/mol. The largest absolute Gasteiger partial charge is 0.478 e. The molecule has 4 heteroatoms. The maximum absolute atomic E-state index is 11.5. The van der Waals surface area contributed by atoms with E-state index in [4.69, 9.17) is 0 Å². The molecule has 0 amide bonds. The Morgan fingerprint density at radius 2 is 1.15 bits per heavy atom. The standard InChI is InChI=1S/C16H22O4/c1-15(2,3)9-7-10(13(17)18)12(16(4,5)6)11(8-9)14(19)20/h7-8H,1-6H3,(H,17,18)(H,19,20). The molecular formula is C16H22O4. The molecule has 0 aliphatic heterocycles. The predicted molar refractivity (Wildman–Crippen MR) is 77.8 cm³/mol. The lowest BCUT2D eigenvalue weighted by atomic mass is 9.76. The summed E-state index contributed by atoms with van der Waals surface area (Å²) < 4.78 is 0. The maximum atomic E-state index is 11.5. The number of hydrogen-bond donors (Lipinski definition) is 2. The molecule has 0 bridgehead atoms. The van der Waals surface area contributed by atoms with Gasteiger partial charge >= 0.3 is 11.9 Å². The van der Waals surface area contributed by atoms with Crippen LogP contribution in [0.2, 0.25) is 0 Å². The van der Waals surface area contributed by atoms with Crippen LogP contribution in [0.1, 0.15) is 73.4 Å². The van der Waals surface area contributed by atoms with E-state index in [0.29, 0.717) is 11.1 Å². The Morgan fingerprint density at radius 3 is 1.35 bits per heavy atom. The Hall–Kier alpha value is -1.84. The molecule has 0 saturated heterocycles. The lowest BCUT2D eigenvalue weighted by molar-refractivity contribution is 0.0692.